The molecule has 1 unspecified atom stereocenters. The van der Waals surface area contributed by atoms with Crippen LogP contribution in [-0.4, -0.2) is 29.3 Å². The van der Waals surface area contributed by atoms with Crippen LogP contribution in [0.2, 0.25) is 0 Å². The molecule has 33 heavy (non-hydrogen) atoms. The number of unbranched alkanes of at least 4 members (excludes halogenated alkanes) is 2. The van der Waals surface area contributed by atoms with Crippen LogP contribution in [0.1, 0.15) is 41.3 Å². The molecule has 1 aromatic heterocycles. The molecule has 2 heterocycles. The molecule has 2 aromatic carbocycles. The summed E-state index contributed by atoms with van der Waals surface area (Å²) in [4.78, 5) is 16.7. The zero-order chi connectivity index (χ0) is 22.7. The molecule has 5 nitrogen and oxygen atoms in total. The van der Waals surface area contributed by atoms with E-state index >= 15 is 0 Å². The molecule has 172 valence electrons. The number of nitrogens with one attached hydrogen (secondary N) is 2. The summed E-state index contributed by atoms with van der Waals surface area (Å²) in [5.74, 6) is 1.66. The summed E-state index contributed by atoms with van der Waals surface area (Å²) < 4.78 is 5.87. The monoisotopic (exact) mass is 461 g/mol. The number of aromatic nitrogens is 1. The number of aryl methyl sites for hydroxylation is 1. The summed E-state index contributed by atoms with van der Waals surface area (Å²) >= 11 is 1.74. The zero-order valence-corrected chi connectivity index (χ0v) is 19.6. The predicted octanol–water partition coefficient (Wildman–Crippen LogP) is 4.89. The Morgan fingerprint density at radius 3 is 2.64 bits per heavy atom. The lowest BCUT2D eigenvalue weighted by Gasteiger charge is -2.14. The Morgan fingerprint density at radius 1 is 1.00 bits per heavy atom. The van der Waals surface area contributed by atoms with Crippen LogP contribution < -0.4 is 15.4 Å². The normalized spacial score (nSPS) is 17.6. The number of carbonyl (C=O) groups is 1. The topological polar surface area (TPSA) is 63.2 Å². The minimum Gasteiger partial charge on any atom is -0.494 e. The van der Waals surface area contributed by atoms with Gasteiger partial charge in [0.2, 0.25) is 5.91 Å². The third-order valence-electron chi connectivity index (χ3n) is 5.70. The van der Waals surface area contributed by atoms with Crippen LogP contribution in [0, 0.1) is 0 Å². The van der Waals surface area contributed by atoms with Crippen molar-refractivity contribution < 1.29 is 9.53 Å². The number of amides is 1. The first-order valence-electron chi connectivity index (χ1n) is 11.6. The van der Waals surface area contributed by atoms with Gasteiger partial charge in [-0.1, -0.05) is 48.5 Å². The highest BCUT2D eigenvalue weighted by Crippen LogP contribution is 2.32. The number of nitrogens with zero attached hydrogens (tertiary/aromatic N) is 1. The second kappa shape index (κ2) is 12.4. The lowest BCUT2D eigenvalue weighted by molar-refractivity contribution is -0.122. The molecular formula is C27H31N3O2S. The number of ether oxygens (including phenoxy) is 1. The summed E-state index contributed by atoms with van der Waals surface area (Å²) in [6.45, 7) is 1.24. The summed E-state index contributed by atoms with van der Waals surface area (Å²) in [6.07, 6.45) is 8.13. The van der Waals surface area contributed by atoms with Crippen LogP contribution in [-0.2, 0) is 17.8 Å². The first-order valence-corrected chi connectivity index (χ1v) is 12.6. The van der Waals surface area contributed by atoms with Gasteiger partial charge in [0.1, 0.15) is 5.75 Å². The number of rotatable bonds is 11. The van der Waals surface area contributed by atoms with Gasteiger partial charge in [-0.3, -0.25) is 15.1 Å². The van der Waals surface area contributed by atoms with Gasteiger partial charge in [0, 0.05) is 24.7 Å². The molecule has 0 bridgehead atoms. The standard InChI is InChI=1S/C27H31N3O2S/c31-26(25-20-33-27(30-25)23-11-7-16-28-19-23)29-18-22-12-14-24(15-13-22)32-17-6-2-5-10-21-8-3-1-4-9-21/h1,3-4,7-9,11-16,19,25,27,30H,2,5-6,10,17-18,20H2,(H,29,31)/t25-,27?/m0/s1. The molecule has 4 rings (SSSR count). The van der Waals surface area contributed by atoms with Crippen LogP contribution in [0.3, 0.4) is 0 Å². The maximum Gasteiger partial charge on any atom is 0.238 e. The average molecular weight is 462 g/mol. The number of carbonyl (C=O) groups excluding carboxylic acids is 1. The lowest BCUT2D eigenvalue weighted by atomic mass is 10.1. The Labute approximate surface area is 200 Å². The van der Waals surface area contributed by atoms with Gasteiger partial charge in [-0.05, 0) is 60.6 Å². The fourth-order valence-corrected chi connectivity index (χ4v) is 5.03. The van der Waals surface area contributed by atoms with Gasteiger partial charge >= 0.3 is 0 Å². The van der Waals surface area contributed by atoms with Crippen molar-refractivity contribution in [1.29, 1.82) is 0 Å². The first kappa shape index (κ1) is 23.3. The Balaban J connectivity index is 1.11. The molecule has 2 N–H and O–H groups in total. The van der Waals surface area contributed by atoms with Crippen molar-refractivity contribution in [3.8, 4) is 5.75 Å². The third kappa shape index (κ3) is 7.34. The molecule has 3 aromatic rings. The third-order valence-corrected chi connectivity index (χ3v) is 6.96. The highest BCUT2D eigenvalue weighted by atomic mass is 32.2. The van der Waals surface area contributed by atoms with E-state index in [1.165, 1.54) is 12.0 Å². The molecule has 2 atom stereocenters. The van der Waals surface area contributed by atoms with Gasteiger partial charge < -0.3 is 10.1 Å². The number of benzene rings is 2. The van der Waals surface area contributed by atoms with Gasteiger partial charge in [-0.2, -0.15) is 0 Å². The summed E-state index contributed by atoms with van der Waals surface area (Å²) in [5, 5.41) is 6.55. The number of hydrogen-bond donors (Lipinski definition) is 2. The Kier molecular flexibility index (Phi) is 8.78. The van der Waals surface area contributed by atoms with Crippen molar-refractivity contribution in [2.45, 2.75) is 43.6 Å². The van der Waals surface area contributed by atoms with Crippen LogP contribution in [0.25, 0.3) is 0 Å². The summed E-state index contributed by atoms with van der Waals surface area (Å²) in [6, 6.07) is 22.4. The van der Waals surface area contributed by atoms with E-state index in [2.05, 4.69) is 45.9 Å². The lowest BCUT2D eigenvalue weighted by Crippen LogP contribution is -2.42. The van der Waals surface area contributed by atoms with Gasteiger partial charge in [0.25, 0.3) is 0 Å². The fourth-order valence-electron chi connectivity index (χ4n) is 3.80. The van der Waals surface area contributed by atoms with E-state index in [0.717, 1.165) is 48.5 Å². The molecular weight excluding hydrogens is 430 g/mol. The summed E-state index contributed by atoms with van der Waals surface area (Å²) in [7, 11) is 0. The maximum atomic E-state index is 12.6. The zero-order valence-electron chi connectivity index (χ0n) is 18.8. The Hall–Kier alpha value is -2.83. The van der Waals surface area contributed by atoms with E-state index in [1.54, 1.807) is 18.0 Å². The SMILES string of the molecule is O=C(NCc1ccc(OCCCCCc2ccccc2)cc1)[C@@H]1CSC(c2cccnc2)N1. The highest BCUT2D eigenvalue weighted by molar-refractivity contribution is 7.99. The smallest absolute Gasteiger partial charge is 0.238 e. The van der Waals surface area contributed by atoms with E-state index in [1.807, 2.05) is 42.6 Å². The number of hydrogen-bond acceptors (Lipinski definition) is 5. The minimum atomic E-state index is -0.190. The second-order valence-corrected chi connectivity index (χ2v) is 9.36. The fraction of sp³-hybridized carbons (Fsp3) is 0.333. The van der Waals surface area contributed by atoms with Crippen LogP contribution in [0.15, 0.2) is 79.1 Å². The van der Waals surface area contributed by atoms with E-state index in [4.69, 9.17) is 4.74 Å². The van der Waals surface area contributed by atoms with Crippen molar-refractivity contribution in [2.75, 3.05) is 12.4 Å². The van der Waals surface area contributed by atoms with Gasteiger partial charge in [0.05, 0.1) is 18.0 Å². The molecule has 0 radical (unpaired) electrons. The van der Waals surface area contributed by atoms with Crippen molar-refractivity contribution in [2.24, 2.45) is 0 Å². The van der Waals surface area contributed by atoms with Crippen molar-refractivity contribution in [1.82, 2.24) is 15.6 Å². The van der Waals surface area contributed by atoms with E-state index in [-0.39, 0.29) is 17.3 Å². The predicted molar refractivity (Wildman–Crippen MR) is 134 cm³/mol. The molecule has 1 aliphatic rings. The second-order valence-electron chi connectivity index (χ2n) is 8.23. The quantitative estimate of drug-likeness (QED) is 0.398. The number of pyridine rings is 1. The van der Waals surface area contributed by atoms with Gasteiger partial charge in [0.15, 0.2) is 0 Å². The molecule has 1 aliphatic heterocycles. The first-order chi connectivity index (χ1) is 16.3. The van der Waals surface area contributed by atoms with E-state index < -0.39 is 0 Å². The Bertz CT molecular complexity index is 983. The van der Waals surface area contributed by atoms with Gasteiger partial charge in [-0.25, -0.2) is 0 Å². The molecule has 0 saturated carbocycles. The van der Waals surface area contributed by atoms with E-state index in [0.29, 0.717) is 6.54 Å². The minimum absolute atomic E-state index is 0.0321. The van der Waals surface area contributed by atoms with Crippen molar-refractivity contribution in [3.63, 3.8) is 0 Å². The average Bonchev–Trinajstić information content (AvgIpc) is 3.37. The van der Waals surface area contributed by atoms with Crippen LogP contribution in [0.4, 0.5) is 0 Å². The van der Waals surface area contributed by atoms with Crippen LogP contribution >= 0.6 is 11.8 Å². The molecule has 6 heteroatoms. The highest BCUT2D eigenvalue weighted by Gasteiger charge is 2.30. The molecule has 1 amide bonds. The largest absolute Gasteiger partial charge is 0.494 e. The maximum absolute atomic E-state index is 12.6. The molecule has 1 saturated heterocycles. The molecule has 0 aliphatic carbocycles. The van der Waals surface area contributed by atoms with Crippen molar-refractivity contribution >= 4 is 17.7 Å². The van der Waals surface area contributed by atoms with Crippen molar-refractivity contribution in [3.05, 3.63) is 95.8 Å². The van der Waals surface area contributed by atoms with Gasteiger partial charge in [-0.15, -0.1) is 11.8 Å². The van der Waals surface area contributed by atoms with E-state index in [9.17, 15) is 4.79 Å². The van der Waals surface area contributed by atoms with Crippen LogP contribution in [0.5, 0.6) is 5.75 Å². The molecule has 1 fully saturated rings. The summed E-state index contributed by atoms with van der Waals surface area (Å²) in [5.41, 5.74) is 3.56. The number of thioether (sulfide) groups is 1. The molecule has 0 spiro atoms. The Morgan fingerprint density at radius 2 is 1.85 bits per heavy atom.